The van der Waals surface area contributed by atoms with Crippen molar-refractivity contribution in [2.24, 2.45) is 0 Å². The van der Waals surface area contributed by atoms with Gasteiger partial charge in [0.05, 0.1) is 12.1 Å². The van der Waals surface area contributed by atoms with Crippen LogP contribution >= 0.6 is 11.3 Å². The number of fused-ring (bicyclic) bond motifs is 1. The van der Waals surface area contributed by atoms with Crippen molar-refractivity contribution in [1.82, 2.24) is 9.97 Å². The smallest absolute Gasteiger partial charge is 0.303 e. The molecule has 5 rings (SSSR count). The topological polar surface area (TPSA) is 80.1 Å². The summed E-state index contributed by atoms with van der Waals surface area (Å²) in [6.07, 6.45) is 1.66. The maximum Gasteiger partial charge on any atom is 0.303 e. The Balaban J connectivity index is 1.45. The van der Waals surface area contributed by atoms with Gasteiger partial charge in [0.15, 0.2) is 5.78 Å². The molecule has 0 radical (unpaired) electrons. The van der Waals surface area contributed by atoms with Crippen molar-refractivity contribution in [2.45, 2.75) is 31.1 Å². The van der Waals surface area contributed by atoms with Crippen LogP contribution in [-0.2, 0) is 10.2 Å². The predicted octanol–water partition coefficient (Wildman–Crippen LogP) is 5.62. The second kappa shape index (κ2) is 7.91. The molecular weight excluding hydrogens is 427 g/mol. The Bertz CT molecular complexity index is 1350. The lowest BCUT2D eigenvalue weighted by Gasteiger charge is -2.14. The van der Waals surface area contributed by atoms with Crippen molar-refractivity contribution in [1.29, 1.82) is 0 Å². The molecule has 0 bridgehead atoms. The van der Waals surface area contributed by atoms with E-state index in [1.807, 2.05) is 30.3 Å². The highest BCUT2D eigenvalue weighted by Crippen LogP contribution is 2.53. The van der Waals surface area contributed by atoms with E-state index in [4.69, 9.17) is 10.1 Å². The highest BCUT2D eigenvalue weighted by atomic mass is 32.1. The highest BCUT2D eigenvalue weighted by molar-refractivity contribution is 7.21. The Morgan fingerprint density at radius 2 is 1.78 bits per heavy atom. The van der Waals surface area contributed by atoms with Gasteiger partial charge in [0.2, 0.25) is 0 Å². The Labute approximate surface area is 187 Å². The van der Waals surface area contributed by atoms with E-state index in [-0.39, 0.29) is 23.8 Å². The van der Waals surface area contributed by atoms with Crippen molar-refractivity contribution < 1.29 is 19.1 Å². The van der Waals surface area contributed by atoms with Gasteiger partial charge in [-0.2, -0.15) is 0 Å². The number of hydrogen-bond donors (Lipinski definition) is 1. The summed E-state index contributed by atoms with van der Waals surface area (Å²) in [7, 11) is 0. The van der Waals surface area contributed by atoms with Crippen molar-refractivity contribution in [2.75, 3.05) is 0 Å². The third-order valence-corrected chi connectivity index (χ3v) is 6.91. The number of carboxylic acids is 1. The van der Waals surface area contributed by atoms with Gasteiger partial charge in [-0.05, 0) is 42.7 Å². The summed E-state index contributed by atoms with van der Waals surface area (Å²) in [6, 6.07) is 18.5. The molecule has 0 atom stereocenters. The van der Waals surface area contributed by atoms with Gasteiger partial charge < -0.3 is 5.11 Å². The monoisotopic (exact) mass is 446 g/mol. The van der Waals surface area contributed by atoms with E-state index in [1.165, 1.54) is 29.0 Å². The summed E-state index contributed by atoms with van der Waals surface area (Å²) in [5.41, 5.74) is 3.37. The van der Waals surface area contributed by atoms with Crippen molar-refractivity contribution >= 4 is 33.4 Å². The second-order valence-electron chi connectivity index (χ2n) is 8.00. The minimum Gasteiger partial charge on any atom is -0.481 e. The maximum absolute atomic E-state index is 14.8. The number of aliphatic carboxylic acids is 1. The van der Waals surface area contributed by atoms with Crippen LogP contribution in [0.4, 0.5) is 4.39 Å². The molecule has 0 amide bonds. The number of thiazole rings is 1. The van der Waals surface area contributed by atoms with Gasteiger partial charge in [0.25, 0.3) is 0 Å². The van der Waals surface area contributed by atoms with Crippen LogP contribution in [0.25, 0.3) is 20.9 Å². The number of aromatic nitrogens is 2. The van der Waals surface area contributed by atoms with Gasteiger partial charge in [-0.25, -0.2) is 14.4 Å². The molecule has 2 aromatic carbocycles. The van der Waals surface area contributed by atoms with Crippen molar-refractivity contribution in [3.63, 3.8) is 0 Å². The minimum absolute atomic E-state index is 0.0528. The molecule has 2 heterocycles. The molecule has 1 fully saturated rings. The zero-order chi connectivity index (χ0) is 22.3. The summed E-state index contributed by atoms with van der Waals surface area (Å²) >= 11 is 1.32. The van der Waals surface area contributed by atoms with Crippen LogP contribution in [-0.4, -0.2) is 26.8 Å². The molecule has 5 nitrogen and oxygen atoms in total. The standard InChI is InChI=1S/C25H19FN2O3S/c26-18-14-15(20(29)9-11-22(30)31)6-7-17(18)23-27-19-8-10-21(28-24(19)32-23)25(12-13-25)16-4-2-1-3-5-16/h1-8,10,14H,9,11-13H2,(H,30,31). The molecule has 160 valence electrons. The molecule has 4 aromatic rings. The number of benzene rings is 2. The van der Waals surface area contributed by atoms with Crippen LogP contribution in [0.15, 0.2) is 60.7 Å². The predicted molar refractivity (Wildman–Crippen MR) is 120 cm³/mol. The van der Waals surface area contributed by atoms with Crippen molar-refractivity contribution in [3.05, 3.63) is 83.3 Å². The summed E-state index contributed by atoms with van der Waals surface area (Å²) in [4.78, 5) is 32.9. The number of carbonyl (C=O) groups is 2. The van der Waals surface area contributed by atoms with E-state index >= 15 is 0 Å². The van der Waals surface area contributed by atoms with Gasteiger partial charge in [0.1, 0.15) is 21.2 Å². The fourth-order valence-corrected chi connectivity index (χ4v) is 4.97. The van der Waals surface area contributed by atoms with Crippen LogP contribution in [0, 0.1) is 5.82 Å². The molecule has 1 aliphatic rings. The first-order valence-electron chi connectivity index (χ1n) is 10.3. The Kier molecular flexibility index (Phi) is 5.06. The number of carboxylic acid groups (broad SMARTS) is 1. The minimum atomic E-state index is -1.06. The molecule has 1 N–H and O–H groups in total. The molecule has 1 saturated carbocycles. The molecule has 0 spiro atoms. The zero-order valence-electron chi connectivity index (χ0n) is 17.0. The number of carbonyl (C=O) groups excluding carboxylic acids is 1. The number of pyridine rings is 1. The zero-order valence-corrected chi connectivity index (χ0v) is 17.9. The largest absolute Gasteiger partial charge is 0.481 e. The number of rotatable bonds is 7. The average Bonchev–Trinajstić information content (AvgIpc) is 3.50. The molecule has 0 unspecified atom stereocenters. The van der Waals surface area contributed by atoms with E-state index in [9.17, 15) is 14.0 Å². The molecule has 2 aromatic heterocycles. The first-order chi connectivity index (χ1) is 15.5. The van der Waals surface area contributed by atoms with E-state index in [2.05, 4.69) is 17.1 Å². The van der Waals surface area contributed by atoms with E-state index in [0.29, 0.717) is 16.1 Å². The third kappa shape index (κ3) is 3.69. The van der Waals surface area contributed by atoms with Crippen LogP contribution < -0.4 is 0 Å². The first kappa shape index (κ1) is 20.5. The van der Waals surface area contributed by atoms with Gasteiger partial charge in [-0.3, -0.25) is 9.59 Å². The molecular formula is C25H19FN2O3S. The normalized spacial score (nSPS) is 14.4. The van der Waals surface area contributed by atoms with Crippen LogP contribution in [0.5, 0.6) is 0 Å². The average molecular weight is 447 g/mol. The second-order valence-corrected chi connectivity index (χ2v) is 8.98. The van der Waals surface area contributed by atoms with E-state index < -0.39 is 17.6 Å². The Morgan fingerprint density at radius 1 is 1.00 bits per heavy atom. The lowest BCUT2D eigenvalue weighted by Crippen LogP contribution is -2.10. The number of nitrogens with zero attached hydrogens (tertiary/aromatic N) is 2. The third-order valence-electron chi connectivity index (χ3n) is 5.91. The molecule has 0 aliphatic heterocycles. The summed E-state index contributed by atoms with van der Waals surface area (Å²) in [5.74, 6) is -2.02. The first-order valence-corrected chi connectivity index (χ1v) is 11.2. The number of hydrogen-bond acceptors (Lipinski definition) is 5. The Morgan fingerprint density at radius 3 is 2.47 bits per heavy atom. The van der Waals surface area contributed by atoms with Crippen molar-refractivity contribution in [3.8, 4) is 10.6 Å². The molecule has 7 heteroatoms. The number of ketones is 1. The van der Waals surface area contributed by atoms with Crippen LogP contribution in [0.1, 0.15) is 47.3 Å². The molecule has 32 heavy (non-hydrogen) atoms. The van der Waals surface area contributed by atoms with E-state index in [1.54, 1.807) is 0 Å². The summed E-state index contributed by atoms with van der Waals surface area (Å²) in [6.45, 7) is 0. The van der Waals surface area contributed by atoms with E-state index in [0.717, 1.165) is 29.4 Å². The van der Waals surface area contributed by atoms with Gasteiger partial charge in [0, 0.05) is 23.0 Å². The lowest BCUT2D eigenvalue weighted by atomic mass is 9.92. The fraction of sp³-hybridized carbons (Fsp3) is 0.200. The van der Waals surface area contributed by atoms with Gasteiger partial charge in [-0.15, -0.1) is 0 Å². The quantitative estimate of drug-likeness (QED) is 0.373. The van der Waals surface area contributed by atoms with Crippen LogP contribution in [0.2, 0.25) is 0 Å². The SMILES string of the molecule is O=C(O)CCC(=O)c1ccc(-c2nc3ccc(C4(c5ccccc5)CC4)nc3s2)c(F)c1. The number of halogens is 1. The number of Topliss-reactive ketones (excluding diaryl/α,β-unsaturated/α-hetero) is 1. The summed E-state index contributed by atoms with van der Waals surface area (Å²) in [5, 5.41) is 9.22. The molecule has 0 saturated heterocycles. The maximum atomic E-state index is 14.8. The van der Waals surface area contributed by atoms with Gasteiger partial charge >= 0.3 is 5.97 Å². The highest BCUT2D eigenvalue weighted by Gasteiger charge is 2.47. The summed E-state index contributed by atoms with van der Waals surface area (Å²) < 4.78 is 14.8. The fourth-order valence-electron chi connectivity index (χ4n) is 4.00. The van der Waals surface area contributed by atoms with Gasteiger partial charge in [-0.1, -0.05) is 47.7 Å². The molecule has 1 aliphatic carbocycles. The Hall–Kier alpha value is -3.45. The lowest BCUT2D eigenvalue weighted by molar-refractivity contribution is -0.136. The van der Waals surface area contributed by atoms with Crippen LogP contribution in [0.3, 0.4) is 0 Å².